The molecule has 1 aliphatic rings. The number of hydrogen-bond donors (Lipinski definition) is 2. The lowest BCUT2D eigenvalue weighted by molar-refractivity contribution is -0.132. The first-order valence-corrected chi connectivity index (χ1v) is 8.47. The summed E-state index contributed by atoms with van der Waals surface area (Å²) in [5.74, 6) is 0.235. The SMILES string of the molecule is Cc1ccc(C2(C)NC(=O)N(CC(O)COc3ccccc3)C2=O)cc1. The lowest BCUT2D eigenvalue weighted by atomic mass is 9.91. The summed E-state index contributed by atoms with van der Waals surface area (Å²) in [5.41, 5.74) is 0.642. The summed E-state index contributed by atoms with van der Waals surface area (Å²) in [4.78, 5) is 26.2. The van der Waals surface area contributed by atoms with Crippen molar-refractivity contribution in [1.82, 2.24) is 10.2 Å². The molecule has 2 aromatic rings. The van der Waals surface area contributed by atoms with E-state index in [1.807, 2.05) is 49.4 Å². The maximum Gasteiger partial charge on any atom is 0.325 e. The Morgan fingerprint density at radius 3 is 2.42 bits per heavy atom. The average molecular weight is 354 g/mol. The summed E-state index contributed by atoms with van der Waals surface area (Å²) in [6.07, 6.45) is -0.981. The summed E-state index contributed by atoms with van der Waals surface area (Å²) >= 11 is 0. The fourth-order valence-electron chi connectivity index (χ4n) is 2.92. The van der Waals surface area contributed by atoms with Crippen molar-refractivity contribution in [2.24, 2.45) is 0 Å². The minimum atomic E-state index is -1.13. The van der Waals surface area contributed by atoms with E-state index in [1.54, 1.807) is 19.1 Å². The number of carbonyl (C=O) groups is 2. The second-order valence-electron chi connectivity index (χ2n) is 6.61. The topological polar surface area (TPSA) is 78.9 Å². The Bertz CT molecular complexity index is 791. The van der Waals surface area contributed by atoms with E-state index >= 15 is 0 Å². The number of nitrogens with one attached hydrogen (secondary N) is 1. The number of imide groups is 1. The standard InChI is InChI=1S/C20H22N2O4/c1-14-8-10-15(11-9-14)20(2)18(24)22(19(25)21-20)12-16(23)13-26-17-6-4-3-5-7-17/h3-11,16,23H,12-13H2,1-2H3,(H,21,25). The molecule has 2 atom stereocenters. The lowest BCUT2D eigenvalue weighted by Crippen LogP contribution is -2.42. The summed E-state index contributed by atoms with van der Waals surface area (Å²) in [6, 6.07) is 16.0. The number of aryl methyl sites for hydroxylation is 1. The first kappa shape index (κ1) is 17.9. The zero-order valence-electron chi connectivity index (χ0n) is 14.8. The van der Waals surface area contributed by atoms with E-state index in [0.29, 0.717) is 11.3 Å². The molecule has 26 heavy (non-hydrogen) atoms. The van der Waals surface area contributed by atoms with Crippen molar-refractivity contribution in [3.8, 4) is 5.75 Å². The van der Waals surface area contributed by atoms with Crippen LogP contribution >= 0.6 is 0 Å². The third kappa shape index (κ3) is 3.55. The van der Waals surface area contributed by atoms with Crippen LogP contribution in [-0.2, 0) is 10.3 Å². The number of benzene rings is 2. The fraction of sp³-hybridized carbons (Fsp3) is 0.300. The number of hydrogen-bond acceptors (Lipinski definition) is 4. The fourth-order valence-corrected chi connectivity index (χ4v) is 2.92. The van der Waals surface area contributed by atoms with Crippen LogP contribution in [0.1, 0.15) is 18.1 Å². The number of carbonyl (C=O) groups excluding carboxylic acids is 2. The van der Waals surface area contributed by atoms with Gasteiger partial charge in [-0.2, -0.15) is 0 Å². The van der Waals surface area contributed by atoms with Gasteiger partial charge < -0.3 is 15.2 Å². The van der Waals surface area contributed by atoms with E-state index in [4.69, 9.17) is 4.74 Å². The van der Waals surface area contributed by atoms with E-state index in [1.165, 1.54) is 0 Å². The van der Waals surface area contributed by atoms with Crippen LogP contribution in [-0.4, -0.2) is 41.2 Å². The van der Waals surface area contributed by atoms with Crippen molar-refractivity contribution in [3.63, 3.8) is 0 Å². The van der Waals surface area contributed by atoms with Gasteiger partial charge in [-0.1, -0.05) is 48.0 Å². The normalized spacial score (nSPS) is 20.8. The monoisotopic (exact) mass is 354 g/mol. The molecule has 0 radical (unpaired) electrons. The first-order valence-electron chi connectivity index (χ1n) is 8.47. The van der Waals surface area contributed by atoms with Crippen molar-refractivity contribution in [2.75, 3.05) is 13.2 Å². The number of nitrogens with zero attached hydrogens (tertiary/aromatic N) is 1. The number of aliphatic hydroxyl groups is 1. The molecule has 136 valence electrons. The second-order valence-corrected chi connectivity index (χ2v) is 6.61. The minimum Gasteiger partial charge on any atom is -0.491 e. The highest BCUT2D eigenvalue weighted by atomic mass is 16.5. The van der Waals surface area contributed by atoms with E-state index in [-0.39, 0.29) is 19.1 Å². The highest BCUT2D eigenvalue weighted by molar-refractivity contribution is 6.07. The van der Waals surface area contributed by atoms with Gasteiger partial charge in [-0.25, -0.2) is 4.79 Å². The van der Waals surface area contributed by atoms with Crippen molar-refractivity contribution in [3.05, 3.63) is 65.7 Å². The zero-order chi connectivity index (χ0) is 18.7. The van der Waals surface area contributed by atoms with Crippen LogP contribution in [0, 0.1) is 6.92 Å². The largest absolute Gasteiger partial charge is 0.491 e. The van der Waals surface area contributed by atoms with Gasteiger partial charge in [0, 0.05) is 0 Å². The van der Waals surface area contributed by atoms with Crippen molar-refractivity contribution >= 4 is 11.9 Å². The third-order valence-electron chi connectivity index (χ3n) is 4.48. The predicted molar refractivity (Wildman–Crippen MR) is 96.7 cm³/mol. The maximum atomic E-state index is 12.8. The molecular weight excluding hydrogens is 332 g/mol. The molecule has 2 unspecified atom stereocenters. The molecule has 2 N–H and O–H groups in total. The molecule has 6 nitrogen and oxygen atoms in total. The van der Waals surface area contributed by atoms with Gasteiger partial charge in [-0.3, -0.25) is 9.69 Å². The maximum absolute atomic E-state index is 12.8. The van der Waals surface area contributed by atoms with Gasteiger partial charge in [0.05, 0.1) is 6.54 Å². The van der Waals surface area contributed by atoms with Crippen molar-refractivity contribution in [2.45, 2.75) is 25.5 Å². The van der Waals surface area contributed by atoms with Gasteiger partial charge in [-0.15, -0.1) is 0 Å². The van der Waals surface area contributed by atoms with Gasteiger partial charge >= 0.3 is 6.03 Å². The number of urea groups is 1. The average Bonchev–Trinajstić information content (AvgIpc) is 2.85. The Labute approximate surface area is 152 Å². The highest BCUT2D eigenvalue weighted by Crippen LogP contribution is 2.29. The molecule has 0 bridgehead atoms. The van der Waals surface area contributed by atoms with Crippen LogP contribution in [0.2, 0.25) is 0 Å². The van der Waals surface area contributed by atoms with Crippen LogP contribution in [0.4, 0.5) is 4.79 Å². The molecular formula is C20H22N2O4. The molecule has 1 aliphatic heterocycles. The van der Waals surface area contributed by atoms with Gasteiger partial charge in [-0.05, 0) is 31.5 Å². The number of ether oxygens (including phenoxy) is 1. The third-order valence-corrected chi connectivity index (χ3v) is 4.48. The van der Waals surface area contributed by atoms with E-state index in [0.717, 1.165) is 10.5 Å². The minimum absolute atomic E-state index is 0.0116. The van der Waals surface area contributed by atoms with Crippen LogP contribution in [0.5, 0.6) is 5.75 Å². The summed E-state index contributed by atoms with van der Waals surface area (Å²) in [6.45, 7) is 3.49. The summed E-state index contributed by atoms with van der Waals surface area (Å²) in [5, 5.41) is 12.9. The van der Waals surface area contributed by atoms with Crippen LogP contribution in [0.15, 0.2) is 54.6 Å². The Balaban J connectivity index is 1.66. The van der Waals surface area contributed by atoms with E-state index in [2.05, 4.69) is 5.32 Å². The Morgan fingerprint density at radius 1 is 1.12 bits per heavy atom. The Morgan fingerprint density at radius 2 is 1.77 bits per heavy atom. The number of amides is 3. The molecule has 6 heteroatoms. The van der Waals surface area contributed by atoms with E-state index < -0.39 is 17.7 Å². The number of rotatable bonds is 6. The van der Waals surface area contributed by atoms with Gasteiger partial charge in [0.2, 0.25) is 0 Å². The number of para-hydroxylation sites is 1. The molecule has 0 aromatic heterocycles. The van der Waals surface area contributed by atoms with Crippen LogP contribution in [0.25, 0.3) is 0 Å². The van der Waals surface area contributed by atoms with Crippen LogP contribution in [0.3, 0.4) is 0 Å². The molecule has 3 amide bonds. The molecule has 1 heterocycles. The van der Waals surface area contributed by atoms with Crippen molar-refractivity contribution in [1.29, 1.82) is 0 Å². The van der Waals surface area contributed by atoms with Crippen molar-refractivity contribution < 1.29 is 19.4 Å². The molecule has 0 spiro atoms. The number of aliphatic hydroxyl groups excluding tert-OH is 1. The second kappa shape index (κ2) is 7.17. The predicted octanol–water partition coefficient (Wildman–Crippen LogP) is 2.20. The molecule has 0 saturated carbocycles. The molecule has 3 rings (SSSR count). The molecule has 2 aromatic carbocycles. The molecule has 0 aliphatic carbocycles. The highest BCUT2D eigenvalue weighted by Gasteiger charge is 2.49. The Kier molecular flexibility index (Phi) is 4.95. The van der Waals surface area contributed by atoms with Gasteiger partial charge in [0.25, 0.3) is 5.91 Å². The molecule has 1 fully saturated rings. The van der Waals surface area contributed by atoms with E-state index in [9.17, 15) is 14.7 Å². The smallest absolute Gasteiger partial charge is 0.325 e. The van der Waals surface area contributed by atoms with Gasteiger partial charge in [0.15, 0.2) is 0 Å². The first-order chi connectivity index (χ1) is 12.4. The number of β-amino-alcohol motifs (C(OH)–C–C–N with tert-alkyl or cyclic N) is 1. The Hall–Kier alpha value is -2.86. The zero-order valence-corrected chi connectivity index (χ0v) is 14.8. The van der Waals surface area contributed by atoms with Crippen LogP contribution < -0.4 is 10.1 Å². The quantitative estimate of drug-likeness (QED) is 0.780. The summed E-state index contributed by atoms with van der Waals surface area (Å²) < 4.78 is 5.48. The molecule has 1 saturated heterocycles. The lowest BCUT2D eigenvalue weighted by Gasteiger charge is -2.23. The van der Waals surface area contributed by atoms with Gasteiger partial charge in [0.1, 0.15) is 24.0 Å². The summed E-state index contributed by atoms with van der Waals surface area (Å²) in [7, 11) is 0.